The number of aromatic nitrogens is 2. The third-order valence-electron chi connectivity index (χ3n) is 3.50. The molecule has 0 atom stereocenters. The summed E-state index contributed by atoms with van der Waals surface area (Å²) in [6.07, 6.45) is 0. The maximum atomic E-state index is 9.42. The van der Waals surface area contributed by atoms with Gasteiger partial charge in [-0.2, -0.15) is 10.4 Å². The average molecular weight is 302 g/mol. The highest BCUT2D eigenvalue weighted by Gasteiger charge is 2.27. The summed E-state index contributed by atoms with van der Waals surface area (Å²) in [7, 11) is 0. The monoisotopic (exact) mass is 301 g/mol. The number of nitrogens with zero attached hydrogens (tertiary/aromatic N) is 3. The minimum atomic E-state index is -0.230. The predicted octanol–water partition coefficient (Wildman–Crippen LogP) is 4.62. The van der Waals surface area contributed by atoms with Gasteiger partial charge in [-0.25, -0.2) is 4.68 Å². The van der Waals surface area contributed by atoms with Crippen LogP contribution in [0.15, 0.2) is 12.1 Å². The van der Waals surface area contributed by atoms with Crippen molar-refractivity contribution in [2.45, 2.75) is 47.0 Å². The van der Waals surface area contributed by atoms with Gasteiger partial charge in [0.05, 0.1) is 11.4 Å². The second kappa shape index (κ2) is 5.20. The van der Waals surface area contributed by atoms with E-state index in [1.165, 1.54) is 5.56 Å². The van der Waals surface area contributed by atoms with E-state index in [4.69, 9.17) is 11.6 Å². The average Bonchev–Trinajstić information content (AvgIpc) is 2.65. The van der Waals surface area contributed by atoms with Crippen LogP contribution in [0, 0.1) is 32.1 Å². The van der Waals surface area contributed by atoms with Gasteiger partial charge in [-0.3, -0.25) is 0 Å². The summed E-state index contributed by atoms with van der Waals surface area (Å²) in [6, 6.07) is 6.40. The van der Waals surface area contributed by atoms with Gasteiger partial charge in [0.15, 0.2) is 5.15 Å². The maximum absolute atomic E-state index is 9.42. The number of hydrogen-bond donors (Lipinski definition) is 0. The van der Waals surface area contributed by atoms with E-state index >= 15 is 0 Å². The lowest BCUT2D eigenvalue weighted by atomic mass is 9.90. The lowest BCUT2D eigenvalue weighted by molar-refractivity contribution is 0.558. The number of hydrogen-bond acceptors (Lipinski definition) is 2. The zero-order valence-electron chi connectivity index (χ0n) is 13.4. The molecule has 0 saturated heterocycles. The van der Waals surface area contributed by atoms with Crippen LogP contribution in [-0.2, 0) is 5.41 Å². The van der Waals surface area contributed by atoms with Crippen molar-refractivity contribution in [2.75, 3.05) is 0 Å². The van der Waals surface area contributed by atoms with Crippen molar-refractivity contribution in [3.05, 3.63) is 45.2 Å². The van der Waals surface area contributed by atoms with Crippen LogP contribution >= 0.6 is 11.6 Å². The Bertz CT molecular complexity index is 720. The van der Waals surface area contributed by atoms with Gasteiger partial charge in [0.1, 0.15) is 11.6 Å². The predicted molar refractivity (Wildman–Crippen MR) is 86.2 cm³/mol. The summed E-state index contributed by atoms with van der Waals surface area (Å²) in [5, 5.41) is 14.4. The van der Waals surface area contributed by atoms with Gasteiger partial charge in [-0.05, 0) is 31.9 Å². The fourth-order valence-electron chi connectivity index (χ4n) is 2.68. The molecular formula is C17H20ClN3. The first-order valence-corrected chi connectivity index (χ1v) is 7.32. The molecule has 2 rings (SSSR count). The Kier molecular flexibility index (Phi) is 3.86. The van der Waals surface area contributed by atoms with Gasteiger partial charge < -0.3 is 0 Å². The Labute approximate surface area is 131 Å². The van der Waals surface area contributed by atoms with E-state index in [2.05, 4.69) is 30.2 Å². The molecule has 0 spiro atoms. The van der Waals surface area contributed by atoms with Crippen molar-refractivity contribution in [3.8, 4) is 11.8 Å². The van der Waals surface area contributed by atoms with Crippen LogP contribution in [-0.4, -0.2) is 9.78 Å². The van der Waals surface area contributed by atoms with Crippen molar-refractivity contribution in [1.29, 1.82) is 5.26 Å². The third kappa shape index (κ3) is 2.69. The molecule has 0 aliphatic carbocycles. The van der Waals surface area contributed by atoms with Crippen molar-refractivity contribution in [1.82, 2.24) is 9.78 Å². The number of halogens is 1. The highest BCUT2D eigenvalue weighted by Crippen LogP contribution is 2.33. The van der Waals surface area contributed by atoms with E-state index in [0.717, 1.165) is 22.5 Å². The quantitative estimate of drug-likeness (QED) is 0.771. The van der Waals surface area contributed by atoms with Crippen LogP contribution in [0.1, 0.15) is 48.7 Å². The standard InChI is InChI=1S/C17H20ClN3/c1-10-7-11(2)14(12(3)8-10)21-16(18)13(9-19)15(20-21)17(4,5)6/h7-8H,1-6H3. The van der Waals surface area contributed by atoms with Crippen molar-refractivity contribution in [3.63, 3.8) is 0 Å². The number of nitriles is 1. The molecule has 21 heavy (non-hydrogen) atoms. The Balaban J connectivity index is 2.79. The van der Waals surface area contributed by atoms with Gasteiger partial charge in [0.25, 0.3) is 0 Å². The first-order valence-electron chi connectivity index (χ1n) is 6.94. The second-order valence-corrected chi connectivity index (χ2v) is 6.89. The lowest BCUT2D eigenvalue weighted by Crippen LogP contribution is -2.14. The van der Waals surface area contributed by atoms with E-state index in [0.29, 0.717) is 10.7 Å². The summed E-state index contributed by atoms with van der Waals surface area (Å²) in [4.78, 5) is 0. The van der Waals surface area contributed by atoms with Crippen LogP contribution in [0.5, 0.6) is 0 Å². The molecule has 0 aliphatic heterocycles. The summed E-state index contributed by atoms with van der Waals surface area (Å²) in [6.45, 7) is 12.2. The third-order valence-corrected chi connectivity index (χ3v) is 3.85. The Morgan fingerprint density at radius 2 is 1.67 bits per heavy atom. The van der Waals surface area contributed by atoms with Gasteiger partial charge >= 0.3 is 0 Å². The summed E-state index contributed by atoms with van der Waals surface area (Å²) < 4.78 is 1.70. The van der Waals surface area contributed by atoms with Crippen LogP contribution in [0.4, 0.5) is 0 Å². The molecule has 3 nitrogen and oxygen atoms in total. The van der Waals surface area contributed by atoms with Gasteiger partial charge in [0, 0.05) is 5.41 Å². The summed E-state index contributed by atoms with van der Waals surface area (Å²) >= 11 is 6.43. The largest absolute Gasteiger partial charge is 0.220 e. The van der Waals surface area contributed by atoms with E-state index in [9.17, 15) is 5.26 Å². The normalized spacial score (nSPS) is 11.5. The number of rotatable bonds is 1. The number of benzene rings is 1. The van der Waals surface area contributed by atoms with E-state index in [1.54, 1.807) is 4.68 Å². The Morgan fingerprint density at radius 3 is 2.05 bits per heavy atom. The molecule has 0 aliphatic rings. The Hall–Kier alpha value is -1.79. The first-order chi connectivity index (χ1) is 9.66. The van der Waals surface area contributed by atoms with E-state index in [1.807, 2.05) is 34.6 Å². The fraction of sp³-hybridized carbons (Fsp3) is 0.412. The van der Waals surface area contributed by atoms with E-state index < -0.39 is 0 Å². The molecule has 1 aromatic carbocycles. The first kappa shape index (κ1) is 15.6. The summed E-state index contributed by atoms with van der Waals surface area (Å²) in [5.41, 5.74) is 5.32. The molecule has 0 radical (unpaired) electrons. The molecule has 0 bridgehead atoms. The zero-order chi connectivity index (χ0) is 15.9. The lowest BCUT2D eigenvalue weighted by Gasteiger charge is -2.15. The molecule has 1 heterocycles. The van der Waals surface area contributed by atoms with E-state index in [-0.39, 0.29) is 5.41 Å². The zero-order valence-corrected chi connectivity index (χ0v) is 14.1. The second-order valence-electron chi connectivity index (χ2n) is 6.54. The van der Waals surface area contributed by atoms with Crippen molar-refractivity contribution < 1.29 is 0 Å². The van der Waals surface area contributed by atoms with Crippen LogP contribution in [0.3, 0.4) is 0 Å². The molecular weight excluding hydrogens is 282 g/mol. The van der Waals surface area contributed by atoms with Gasteiger partial charge in [-0.15, -0.1) is 0 Å². The highest BCUT2D eigenvalue weighted by atomic mass is 35.5. The smallest absolute Gasteiger partial charge is 0.150 e. The molecule has 0 amide bonds. The fourth-order valence-corrected chi connectivity index (χ4v) is 2.93. The minimum Gasteiger partial charge on any atom is -0.220 e. The van der Waals surface area contributed by atoms with Gasteiger partial charge in [-0.1, -0.05) is 50.1 Å². The molecule has 0 fully saturated rings. The molecule has 1 aromatic heterocycles. The van der Waals surface area contributed by atoms with Crippen LogP contribution < -0.4 is 0 Å². The SMILES string of the molecule is Cc1cc(C)c(-n2nc(C(C)(C)C)c(C#N)c2Cl)c(C)c1. The van der Waals surface area contributed by atoms with Crippen LogP contribution in [0.25, 0.3) is 5.69 Å². The number of aryl methyl sites for hydroxylation is 3. The Morgan fingerprint density at radius 1 is 1.14 bits per heavy atom. The molecule has 4 heteroatoms. The maximum Gasteiger partial charge on any atom is 0.150 e. The molecule has 0 N–H and O–H groups in total. The van der Waals surface area contributed by atoms with Gasteiger partial charge in [0.2, 0.25) is 0 Å². The highest BCUT2D eigenvalue weighted by molar-refractivity contribution is 6.31. The topological polar surface area (TPSA) is 41.6 Å². The van der Waals surface area contributed by atoms with Crippen LogP contribution in [0.2, 0.25) is 5.15 Å². The molecule has 0 unspecified atom stereocenters. The molecule has 110 valence electrons. The summed E-state index contributed by atoms with van der Waals surface area (Å²) in [5.74, 6) is 0. The minimum absolute atomic E-state index is 0.230. The molecule has 0 saturated carbocycles. The van der Waals surface area contributed by atoms with Crippen molar-refractivity contribution >= 4 is 11.6 Å². The van der Waals surface area contributed by atoms with Crippen molar-refractivity contribution in [2.24, 2.45) is 0 Å². The molecule has 2 aromatic rings.